The first-order valence-electron chi connectivity index (χ1n) is 9.81. The first-order valence-corrected chi connectivity index (χ1v) is 10.6. The van der Waals surface area contributed by atoms with Crippen LogP contribution in [0.2, 0.25) is 0 Å². The zero-order valence-corrected chi connectivity index (χ0v) is 18.6. The van der Waals surface area contributed by atoms with Crippen LogP contribution < -0.4 is 19.9 Å². The maximum Gasteiger partial charge on any atom is 0.203 e. The highest BCUT2D eigenvalue weighted by Gasteiger charge is 2.19. The van der Waals surface area contributed by atoms with Gasteiger partial charge in [0.05, 0.1) is 26.7 Å². The van der Waals surface area contributed by atoms with Crippen LogP contribution in [0.3, 0.4) is 0 Å². The van der Waals surface area contributed by atoms with Gasteiger partial charge in [-0.3, -0.25) is 0 Å². The highest BCUT2D eigenvalue weighted by atomic mass is 32.1. The van der Waals surface area contributed by atoms with Crippen molar-refractivity contribution in [1.29, 1.82) is 5.26 Å². The molecule has 1 aliphatic rings. The Balaban J connectivity index is 0.000000448. The van der Waals surface area contributed by atoms with E-state index in [0.29, 0.717) is 44.2 Å². The number of anilines is 1. The van der Waals surface area contributed by atoms with Crippen LogP contribution in [0.5, 0.6) is 17.2 Å². The van der Waals surface area contributed by atoms with E-state index in [4.69, 9.17) is 19.9 Å². The fourth-order valence-electron chi connectivity index (χ4n) is 3.50. The molecule has 0 unspecified atom stereocenters. The van der Waals surface area contributed by atoms with Gasteiger partial charge in [0.25, 0.3) is 0 Å². The standard InChI is InChI=1S/C17H16N4O3S.C5H10/c1-8-12(7-18)25-17-13(8)15(19)20-16(21-17)9-5-10(22-2)14(24-4)11(6-9)23-3;1-2-4-5-3-1/h5-6H,1-4H3,(H2,19,20,21);1-5H2. The molecule has 3 aromatic rings. The fraction of sp³-hybridized carbons (Fsp3) is 0.409. The van der Waals surface area contributed by atoms with Crippen LogP contribution in [-0.4, -0.2) is 31.3 Å². The van der Waals surface area contributed by atoms with E-state index in [9.17, 15) is 5.26 Å². The molecule has 0 atom stereocenters. The second kappa shape index (κ2) is 9.63. The molecule has 1 fully saturated rings. The summed E-state index contributed by atoms with van der Waals surface area (Å²) >= 11 is 1.30. The van der Waals surface area contributed by atoms with Crippen LogP contribution in [0, 0.1) is 18.3 Å². The Hall–Kier alpha value is -3.05. The maximum atomic E-state index is 9.22. The lowest BCUT2D eigenvalue weighted by molar-refractivity contribution is 0.324. The number of nitriles is 1. The molecule has 2 N–H and O–H groups in total. The molecular weight excluding hydrogens is 400 g/mol. The Bertz CT molecular complexity index is 1050. The number of rotatable bonds is 4. The highest BCUT2D eigenvalue weighted by molar-refractivity contribution is 7.19. The van der Waals surface area contributed by atoms with Crippen molar-refractivity contribution in [3.05, 3.63) is 22.6 Å². The average molecular weight is 427 g/mol. The Morgan fingerprint density at radius 3 is 2.00 bits per heavy atom. The molecule has 1 saturated carbocycles. The van der Waals surface area contributed by atoms with E-state index in [1.807, 2.05) is 6.92 Å². The quantitative estimate of drug-likeness (QED) is 0.619. The molecular formula is C22H26N4O3S. The lowest BCUT2D eigenvalue weighted by Gasteiger charge is -2.13. The summed E-state index contributed by atoms with van der Waals surface area (Å²) in [6.07, 6.45) is 7.50. The van der Waals surface area contributed by atoms with E-state index in [-0.39, 0.29) is 0 Å². The fourth-order valence-corrected chi connectivity index (χ4v) is 4.49. The molecule has 0 spiro atoms. The van der Waals surface area contributed by atoms with Crippen molar-refractivity contribution in [2.24, 2.45) is 0 Å². The van der Waals surface area contributed by atoms with Gasteiger partial charge in [0.2, 0.25) is 5.75 Å². The van der Waals surface area contributed by atoms with Gasteiger partial charge in [-0.25, -0.2) is 9.97 Å². The van der Waals surface area contributed by atoms with E-state index in [0.717, 1.165) is 10.9 Å². The number of nitrogens with zero attached hydrogens (tertiary/aromatic N) is 3. The number of fused-ring (bicyclic) bond motifs is 1. The van der Waals surface area contributed by atoms with Gasteiger partial charge in [0, 0.05) is 5.56 Å². The summed E-state index contributed by atoms with van der Waals surface area (Å²) < 4.78 is 16.1. The first kappa shape index (κ1) is 21.7. The van der Waals surface area contributed by atoms with Crippen LogP contribution in [0.4, 0.5) is 5.82 Å². The number of benzene rings is 1. The van der Waals surface area contributed by atoms with Crippen molar-refractivity contribution in [2.45, 2.75) is 39.0 Å². The minimum atomic E-state index is 0.337. The van der Waals surface area contributed by atoms with Crippen LogP contribution in [0.25, 0.3) is 21.6 Å². The van der Waals surface area contributed by atoms with Crippen molar-refractivity contribution in [1.82, 2.24) is 9.97 Å². The number of thiophene rings is 1. The number of methoxy groups -OCH3 is 3. The normalized spacial score (nSPS) is 12.8. The van der Waals surface area contributed by atoms with E-state index in [1.54, 1.807) is 33.5 Å². The number of nitrogens with two attached hydrogens (primary N) is 1. The summed E-state index contributed by atoms with van der Waals surface area (Å²) in [6, 6.07) is 5.68. The molecule has 7 nitrogen and oxygen atoms in total. The lowest BCUT2D eigenvalue weighted by atomic mass is 10.1. The Labute approximate surface area is 180 Å². The van der Waals surface area contributed by atoms with Crippen molar-refractivity contribution < 1.29 is 14.2 Å². The molecule has 158 valence electrons. The number of aryl methyl sites for hydroxylation is 1. The van der Waals surface area contributed by atoms with Crippen molar-refractivity contribution in [2.75, 3.05) is 27.1 Å². The van der Waals surface area contributed by atoms with Crippen molar-refractivity contribution in [3.63, 3.8) is 0 Å². The first-order chi connectivity index (χ1) is 14.5. The summed E-state index contributed by atoms with van der Waals surface area (Å²) in [5.74, 6) is 2.25. The molecule has 8 heteroatoms. The molecule has 30 heavy (non-hydrogen) atoms. The predicted octanol–water partition coefficient (Wildman–Crippen LogP) is 5.10. The van der Waals surface area contributed by atoms with Gasteiger partial charge in [-0.2, -0.15) is 5.26 Å². The van der Waals surface area contributed by atoms with Crippen LogP contribution in [0.15, 0.2) is 12.1 Å². The third-order valence-corrected chi connectivity index (χ3v) is 6.18. The third kappa shape index (κ3) is 4.26. The summed E-state index contributed by atoms with van der Waals surface area (Å²) in [4.78, 5) is 10.2. The van der Waals surface area contributed by atoms with E-state index in [2.05, 4.69) is 16.0 Å². The molecule has 2 heterocycles. The second-order valence-electron chi connectivity index (χ2n) is 6.96. The van der Waals surface area contributed by atoms with E-state index >= 15 is 0 Å². The average Bonchev–Trinajstić information content (AvgIpc) is 3.44. The molecule has 2 aromatic heterocycles. The predicted molar refractivity (Wildman–Crippen MR) is 119 cm³/mol. The number of hydrogen-bond acceptors (Lipinski definition) is 8. The number of hydrogen-bond donors (Lipinski definition) is 1. The zero-order valence-electron chi connectivity index (χ0n) is 17.7. The number of aromatic nitrogens is 2. The van der Waals surface area contributed by atoms with Crippen molar-refractivity contribution in [3.8, 4) is 34.7 Å². The monoisotopic (exact) mass is 426 g/mol. The minimum absolute atomic E-state index is 0.337. The van der Waals surface area contributed by atoms with E-state index in [1.165, 1.54) is 43.4 Å². The van der Waals surface area contributed by atoms with Crippen LogP contribution >= 0.6 is 11.3 Å². The Morgan fingerprint density at radius 1 is 0.967 bits per heavy atom. The summed E-state index contributed by atoms with van der Waals surface area (Å²) in [5, 5.41) is 9.94. The van der Waals surface area contributed by atoms with Gasteiger partial charge in [0.15, 0.2) is 17.3 Å². The summed E-state index contributed by atoms with van der Waals surface area (Å²) in [6.45, 7) is 1.84. The van der Waals surface area contributed by atoms with Gasteiger partial charge in [-0.05, 0) is 24.6 Å². The lowest BCUT2D eigenvalue weighted by Crippen LogP contribution is -1.99. The second-order valence-corrected chi connectivity index (χ2v) is 7.96. The minimum Gasteiger partial charge on any atom is -0.493 e. The van der Waals surface area contributed by atoms with Crippen LogP contribution in [0.1, 0.15) is 42.5 Å². The largest absolute Gasteiger partial charge is 0.493 e. The third-order valence-electron chi connectivity index (χ3n) is 5.09. The van der Waals surface area contributed by atoms with Gasteiger partial charge in [-0.15, -0.1) is 11.3 Å². The van der Waals surface area contributed by atoms with Gasteiger partial charge >= 0.3 is 0 Å². The topological polar surface area (TPSA) is 103 Å². The highest BCUT2D eigenvalue weighted by Crippen LogP contribution is 2.41. The van der Waals surface area contributed by atoms with Crippen LogP contribution in [-0.2, 0) is 0 Å². The van der Waals surface area contributed by atoms with Crippen molar-refractivity contribution >= 4 is 27.4 Å². The zero-order chi connectivity index (χ0) is 21.7. The Kier molecular flexibility index (Phi) is 6.95. The maximum absolute atomic E-state index is 9.22. The summed E-state index contributed by atoms with van der Waals surface area (Å²) in [7, 11) is 4.63. The molecule has 0 aliphatic heterocycles. The smallest absolute Gasteiger partial charge is 0.203 e. The molecule has 1 aromatic carbocycles. The summed E-state index contributed by atoms with van der Waals surface area (Å²) in [5.41, 5.74) is 7.60. The molecule has 0 saturated heterocycles. The molecule has 0 bridgehead atoms. The molecule has 1 aliphatic carbocycles. The molecule has 0 amide bonds. The molecule has 0 radical (unpaired) electrons. The van der Waals surface area contributed by atoms with Gasteiger partial charge < -0.3 is 19.9 Å². The number of nitrogen functional groups attached to an aromatic ring is 1. The van der Waals surface area contributed by atoms with Gasteiger partial charge in [-0.1, -0.05) is 32.1 Å². The van der Waals surface area contributed by atoms with E-state index < -0.39 is 0 Å². The Morgan fingerprint density at radius 2 is 1.53 bits per heavy atom. The number of ether oxygens (including phenoxy) is 3. The van der Waals surface area contributed by atoms with Gasteiger partial charge in [0.1, 0.15) is 21.6 Å². The molecule has 4 rings (SSSR count). The SMILES string of the molecule is C1CCCC1.COc1cc(-c2nc(N)c3c(C)c(C#N)sc3n2)cc(OC)c1OC.